The summed E-state index contributed by atoms with van der Waals surface area (Å²) >= 11 is 0. The molecule has 0 amide bonds. The van der Waals surface area contributed by atoms with Gasteiger partial charge in [-0.3, -0.25) is 9.59 Å². The minimum atomic E-state index is -0.0124. The van der Waals surface area contributed by atoms with Crippen LogP contribution in [0.25, 0.3) is 0 Å². The largest absolute Gasteiger partial charge is 0.299 e. The third kappa shape index (κ3) is 5.52. The van der Waals surface area contributed by atoms with Crippen LogP contribution in [0.4, 0.5) is 0 Å². The van der Waals surface area contributed by atoms with Gasteiger partial charge in [0.05, 0.1) is 0 Å². The third-order valence-electron chi connectivity index (χ3n) is 1.32. The molecule has 0 atom stereocenters. The van der Waals surface area contributed by atoms with Gasteiger partial charge in [0.25, 0.3) is 0 Å². The lowest BCUT2D eigenvalue weighted by Gasteiger charge is -1.97. The summed E-state index contributed by atoms with van der Waals surface area (Å²) in [5.41, 5.74) is 0. The molecule has 0 fully saturated rings. The van der Waals surface area contributed by atoms with Crippen molar-refractivity contribution in [1.29, 1.82) is 0 Å². The first-order valence-corrected chi connectivity index (χ1v) is 3.74. The second kappa shape index (κ2) is 4.83. The smallest absolute Gasteiger partial charge is 0.152 e. The first-order chi connectivity index (χ1) is 5.04. The molecule has 11 heavy (non-hydrogen) atoms. The quantitative estimate of drug-likeness (QED) is 0.578. The van der Waals surface area contributed by atoms with Gasteiger partial charge in [-0.15, -0.1) is 0 Å². The molecule has 0 N–H and O–H groups in total. The van der Waals surface area contributed by atoms with E-state index in [1.807, 2.05) is 13.8 Å². The molecule has 0 aromatic heterocycles. The maximum Gasteiger partial charge on any atom is 0.152 e. The number of rotatable bonds is 4. The van der Waals surface area contributed by atoms with E-state index >= 15 is 0 Å². The fourth-order valence-electron chi connectivity index (χ4n) is 0.577. The van der Waals surface area contributed by atoms with Gasteiger partial charge in [-0.1, -0.05) is 19.9 Å². The van der Waals surface area contributed by atoms with Gasteiger partial charge < -0.3 is 0 Å². The first kappa shape index (κ1) is 10.1. The van der Waals surface area contributed by atoms with E-state index in [1.165, 1.54) is 13.0 Å². The van der Waals surface area contributed by atoms with E-state index in [-0.39, 0.29) is 17.5 Å². The minimum Gasteiger partial charge on any atom is -0.299 e. The number of carbonyl (C=O) groups excluding carboxylic acids is 2. The summed E-state index contributed by atoms with van der Waals surface area (Å²) in [5, 5.41) is 0. The summed E-state index contributed by atoms with van der Waals surface area (Å²) < 4.78 is 0. The molecule has 0 bridgehead atoms. The zero-order valence-electron chi connectivity index (χ0n) is 7.26. The lowest BCUT2D eigenvalue weighted by atomic mass is 10.1. The van der Waals surface area contributed by atoms with Gasteiger partial charge in [0.1, 0.15) is 5.78 Å². The highest BCUT2D eigenvalue weighted by Crippen LogP contribution is 1.98. The Hall–Kier alpha value is -0.920. The number of Topliss-reactive ketones (excluding diaryl/α,β-unsaturated/α-hetero) is 1. The van der Waals surface area contributed by atoms with Crippen molar-refractivity contribution in [2.75, 3.05) is 0 Å². The van der Waals surface area contributed by atoms with E-state index in [2.05, 4.69) is 0 Å². The van der Waals surface area contributed by atoms with Crippen LogP contribution in [0, 0.1) is 5.92 Å². The van der Waals surface area contributed by atoms with Gasteiger partial charge in [0.15, 0.2) is 5.78 Å². The molecule has 0 rings (SSSR count). The van der Waals surface area contributed by atoms with E-state index < -0.39 is 0 Å². The fraction of sp³-hybridized carbons (Fsp3) is 0.556. The molecule has 0 radical (unpaired) electrons. The average Bonchev–Trinajstić information content (AvgIpc) is 1.86. The Bertz CT molecular complexity index is 178. The molecule has 2 heteroatoms. The molecule has 2 nitrogen and oxygen atoms in total. The second-order valence-corrected chi connectivity index (χ2v) is 2.84. The van der Waals surface area contributed by atoms with Crippen molar-refractivity contribution in [3.05, 3.63) is 12.2 Å². The number of allylic oxidation sites excluding steroid dienone is 2. The summed E-state index contributed by atoms with van der Waals surface area (Å²) in [6.45, 7) is 5.17. The van der Waals surface area contributed by atoms with Gasteiger partial charge in [-0.25, -0.2) is 0 Å². The molecule has 0 aliphatic heterocycles. The van der Waals surface area contributed by atoms with Crippen LogP contribution in [0.5, 0.6) is 0 Å². The van der Waals surface area contributed by atoms with Crippen LogP contribution in [0.1, 0.15) is 27.2 Å². The third-order valence-corrected chi connectivity index (χ3v) is 1.32. The summed E-state index contributed by atoms with van der Waals surface area (Å²) in [4.78, 5) is 21.4. The lowest BCUT2D eigenvalue weighted by Crippen LogP contribution is -2.04. The van der Waals surface area contributed by atoms with Crippen LogP contribution < -0.4 is 0 Å². The Morgan fingerprint density at radius 1 is 1.36 bits per heavy atom. The molecule has 0 heterocycles. The van der Waals surface area contributed by atoms with Crippen molar-refractivity contribution < 1.29 is 9.59 Å². The predicted molar refractivity (Wildman–Crippen MR) is 44.3 cm³/mol. The van der Waals surface area contributed by atoms with Crippen LogP contribution in [0.2, 0.25) is 0 Å². The zero-order chi connectivity index (χ0) is 8.85. The molecule has 0 aliphatic carbocycles. The molecule has 0 saturated carbocycles. The fourth-order valence-corrected chi connectivity index (χ4v) is 0.577. The van der Waals surface area contributed by atoms with Crippen molar-refractivity contribution in [1.82, 2.24) is 0 Å². The normalized spacial score (nSPS) is 10.9. The summed E-state index contributed by atoms with van der Waals surface area (Å²) in [7, 11) is 0. The van der Waals surface area contributed by atoms with E-state index in [9.17, 15) is 9.59 Å². The Morgan fingerprint density at radius 2 is 1.91 bits per heavy atom. The Kier molecular flexibility index (Phi) is 4.42. The van der Waals surface area contributed by atoms with Crippen LogP contribution in [-0.2, 0) is 9.59 Å². The molecule has 62 valence electrons. The molecular formula is C9H14O2. The summed E-state index contributed by atoms with van der Waals surface area (Å²) in [6.07, 6.45) is 3.42. The van der Waals surface area contributed by atoms with Gasteiger partial charge >= 0.3 is 0 Å². The second-order valence-electron chi connectivity index (χ2n) is 2.84. The molecule has 0 unspecified atom stereocenters. The van der Waals surface area contributed by atoms with Gasteiger partial charge in [0, 0.05) is 12.3 Å². The van der Waals surface area contributed by atoms with Gasteiger partial charge in [-0.2, -0.15) is 0 Å². The predicted octanol–water partition coefficient (Wildman–Crippen LogP) is 1.75. The van der Waals surface area contributed by atoms with Crippen LogP contribution in [-0.4, -0.2) is 11.6 Å². The monoisotopic (exact) mass is 154 g/mol. The average molecular weight is 154 g/mol. The van der Waals surface area contributed by atoms with Crippen LogP contribution >= 0.6 is 0 Å². The molecular weight excluding hydrogens is 140 g/mol. The van der Waals surface area contributed by atoms with Crippen molar-refractivity contribution in [3.63, 3.8) is 0 Å². The highest BCUT2D eigenvalue weighted by Gasteiger charge is 2.03. The molecule has 0 aromatic carbocycles. The van der Waals surface area contributed by atoms with E-state index in [0.717, 1.165) is 0 Å². The standard InChI is InChI=1S/C9H14O2/c1-7(2)9(11)6-4-5-8(3)10/h4-5,7H,6H2,1-3H3/b5-4+. The number of carbonyl (C=O) groups is 2. The summed E-state index contributed by atoms with van der Waals surface area (Å²) in [6, 6.07) is 0. The number of ketones is 2. The zero-order valence-corrected chi connectivity index (χ0v) is 7.26. The molecule has 0 saturated heterocycles. The molecule has 0 aromatic rings. The van der Waals surface area contributed by atoms with E-state index in [1.54, 1.807) is 6.08 Å². The molecule has 0 spiro atoms. The Morgan fingerprint density at radius 3 is 2.27 bits per heavy atom. The maximum absolute atomic E-state index is 11.0. The van der Waals surface area contributed by atoms with E-state index in [4.69, 9.17) is 0 Å². The van der Waals surface area contributed by atoms with Crippen molar-refractivity contribution >= 4 is 11.6 Å². The molecule has 0 aliphatic rings. The van der Waals surface area contributed by atoms with Crippen molar-refractivity contribution in [3.8, 4) is 0 Å². The van der Waals surface area contributed by atoms with Crippen molar-refractivity contribution in [2.24, 2.45) is 5.92 Å². The highest BCUT2D eigenvalue weighted by atomic mass is 16.1. The lowest BCUT2D eigenvalue weighted by molar-refractivity contribution is -0.121. The van der Waals surface area contributed by atoms with Crippen LogP contribution in [0.3, 0.4) is 0 Å². The maximum atomic E-state index is 11.0. The summed E-state index contributed by atoms with van der Waals surface area (Å²) in [5.74, 6) is 0.218. The Balaban J connectivity index is 3.71. The topological polar surface area (TPSA) is 34.1 Å². The van der Waals surface area contributed by atoms with E-state index in [0.29, 0.717) is 6.42 Å². The minimum absolute atomic E-state index is 0.0124. The highest BCUT2D eigenvalue weighted by molar-refractivity contribution is 5.88. The Labute approximate surface area is 67.3 Å². The van der Waals surface area contributed by atoms with Gasteiger partial charge in [-0.05, 0) is 13.0 Å². The van der Waals surface area contributed by atoms with Gasteiger partial charge in [0.2, 0.25) is 0 Å². The first-order valence-electron chi connectivity index (χ1n) is 3.74. The number of hydrogen-bond donors (Lipinski definition) is 0. The SMILES string of the molecule is CC(=O)/C=C/CC(=O)C(C)C. The van der Waals surface area contributed by atoms with Crippen LogP contribution in [0.15, 0.2) is 12.2 Å². The van der Waals surface area contributed by atoms with Crippen molar-refractivity contribution in [2.45, 2.75) is 27.2 Å². The number of hydrogen-bond acceptors (Lipinski definition) is 2.